The number of urea groups is 1. The predicted octanol–water partition coefficient (Wildman–Crippen LogP) is 0.840. The van der Waals surface area contributed by atoms with Gasteiger partial charge in [-0.1, -0.05) is 18.1 Å². The first kappa shape index (κ1) is 17.9. The molecule has 0 saturated carbocycles. The molecule has 8 nitrogen and oxygen atoms in total. The van der Waals surface area contributed by atoms with Crippen molar-refractivity contribution in [2.45, 2.75) is 25.4 Å². The number of aromatic nitrogens is 1. The summed E-state index contributed by atoms with van der Waals surface area (Å²) in [4.78, 5) is 33.6. The Morgan fingerprint density at radius 1 is 1.39 bits per heavy atom. The van der Waals surface area contributed by atoms with Crippen molar-refractivity contribution in [3.05, 3.63) is 48.1 Å². The molecule has 144 valence electrons. The largest absolute Gasteiger partial charge is 0.366 e. The lowest BCUT2D eigenvalue weighted by Crippen LogP contribution is -2.56. The maximum atomic E-state index is 13.0. The molecule has 4 rings (SSSR count). The van der Waals surface area contributed by atoms with E-state index in [9.17, 15) is 9.59 Å². The molecular weight excluding hydrogens is 356 g/mol. The highest BCUT2D eigenvalue weighted by Crippen LogP contribution is 2.33. The molecule has 3 N–H and O–H groups in total. The number of allylic oxidation sites excluding steroid dienone is 1. The summed E-state index contributed by atoms with van der Waals surface area (Å²) in [6, 6.07) is 4.61. The van der Waals surface area contributed by atoms with Gasteiger partial charge in [-0.3, -0.25) is 15.0 Å². The van der Waals surface area contributed by atoms with Gasteiger partial charge in [-0.25, -0.2) is 9.78 Å². The number of amides is 3. The van der Waals surface area contributed by atoms with Crippen LogP contribution in [0.1, 0.15) is 13.3 Å². The van der Waals surface area contributed by atoms with Crippen LogP contribution in [0.15, 0.2) is 48.1 Å². The van der Waals surface area contributed by atoms with Gasteiger partial charge in [0.25, 0.3) is 0 Å². The summed E-state index contributed by atoms with van der Waals surface area (Å²) >= 11 is 0. The minimum Gasteiger partial charge on any atom is -0.366 e. The third-order valence-electron chi connectivity index (χ3n) is 5.02. The Balaban J connectivity index is 1.55. The number of nitrogens with one attached hydrogen (secondary N) is 3. The fraction of sp³-hybridized carbons (Fsp3) is 0.350. The van der Waals surface area contributed by atoms with Gasteiger partial charge in [-0.2, -0.15) is 0 Å². The van der Waals surface area contributed by atoms with Gasteiger partial charge in [0, 0.05) is 19.3 Å². The van der Waals surface area contributed by atoms with Crippen LogP contribution in [0.25, 0.3) is 0 Å². The maximum absolute atomic E-state index is 13.0. The van der Waals surface area contributed by atoms with Gasteiger partial charge in [-0.15, -0.1) is 5.92 Å². The lowest BCUT2D eigenvalue weighted by Gasteiger charge is -2.40. The van der Waals surface area contributed by atoms with Crippen LogP contribution in [0, 0.1) is 11.8 Å². The molecular formula is C20H22N6O2. The van der Waals surface area contributed by atoms with Crippen molar-refractivity contribution in [3.8, 4) is 11.8 Å². The van der Waals surface area contributed by atoms with E-state index in [1.54, 1.807) is 30.2 Å². The summed E-state index contributed by atoms with van der Waals surface area (Å²) in [5.41, 5.74) is 0.933. The lowest BCUT2D eigenvalue weighted by atomic mass is 10.1. The summed E-state index contributed by atoms with van der Waals surface area (Å²) in [6.07, 6.45) is 6.25. The van der Waals surface area contributed by atoms with Crippen LogP contribution in [-0.2, 0) is 4.79 Å². The molecule has 1 aromatic heterocycles. The molecule has 1 saturated heterocycles. The molecule has 1 unspecified atom stereocenters. The van der Waals surface area contributed by atoms with Crippen LogP contribution in [-0.4, -0.2) is 58.4 Å². The second kappa shape index (κ2) is 7.64. The van der Waals surface area contributed by atoms with Crippen molar-refractivity contribution >= 4 is 17.8 Å². The van der Waals surface area contributed by atoms with Gasteiger partial charge in [0.05, 0.1) is 18.3 Å². The van der Waals surface area contributed by atoms with Gasteiger partial charge < -0.3 is 15.5 Å². The summed E-state index contributed by atoms with van der Waals surface area (Å²) in [5.74, 6) is 6.54. The molecule has 1 aromatic rings. The second-order valence-electron chi connectivity index (χ2n) is 6.76. The minimum absolute atomic E-state index is 0.0520. The molecule has 0 aromatic carbocycles. The summed E-state index contributed by atoms with van der Waals surface area (Å²) in [6.45, 7) is 3.69. The number of hydrogen-bond acceptors (Lipinski definition) is 5. The Hall–Kier alpha value is -3.47. The van der Waals surface area contributed by atoms with Crippen molar-refractivity contribution in [3.63, 3.8) is 0 Å². The third-order valence-corrected chi connectivity index (χ3v) is 5.02. The van der Waals surface area contributed by atoms with E-state index in [0.29, 0.717) is 18.2 Å². The van der Waals surface area contributed by atoms with Gasteiger partial charge in [0.1, 0.15) is 17.7 Å². The quantitative estimate of drug-likeness (QED) is 0.679. The Labute approximate surface area is 163 Å². The number of nitrogens with zero attached hydrogens (tertiary/aromatic N) is 3. The molecule has 4 heterocycles. The Morgan fingerprint density at radius 3 is 3.07 bits per heavy atom. The zero-order chi connectivity index (χ0) is 19.5. The van der Waals surface area contributed by atoms with E-state index in [2.05, 4.69) is 37.7 Å². The molecule has 3 aliphatic rings. The number of anilines is 1. The third kappa shape index (κ3) is 3.39. The van der Waals surface area contributed by atoms with Crippen molar-refractivity contribution < 1.29 is 9.59 Å². The smallest absolute Gasteiger partial charge is 0.328 e. The molecule has 1 fully saturated rings. The molecule has 2 atom stereocenters. The first-order chi connectivity index (χ1) is 13.7. The van der Waals surface area contributed by atoms with Crippen LogP contribution >= 0.6 is 0 Å². The molecule has 3 amide bonds. The van der Waals surface area contributed by atoms with E-state index in [1.807, 2.05) is 18.2 Å². The standard InChI is InChI=1S/C20H22N6O2/c1-2-3-10-22-19(27)15-7-8-16-18(23-15)26(14-9-12-25(16)13-14)20(28)24-17-6-4-5-11-21-17/h4-8,11,14-15,23H,9-10,12-13H2,1H3,(H,22,27)(H,21,24,28)/t14-,15?/m0/s1. The Morgan fingerprint density at radius 2 is 2.29 bits per heavy atom. The summed E-state index contributed by atoms with van der Waals surface area (Å²) < 4.78 is 0. The highest BCUT2D eigenvalue weighted by Gasteiger charge is 2.42. The van der Waals surface area contributed by atoms with E-state index in [-0.39, 0.29) is 18.0 Å². The number of pyridine rings is 1. The van der Waals surface area contributed by atoms with Crippen LogP contribution in [0.3, 0.4) is 0 Å². The van der Waals surface area contributed by atoms with E-state index < -0.39 is 6.04 Å². The summed E-state index contributed by atoms with van der Waals surface area (Å²) in [7, 11) is 0. The van der Waals surface area contributed by atoms with Crippen molar-refractivity contribution in [2.24, 2.45) is 0 Å². The topological polar surface area (TPSA) is 89.6 Å². The second-order valence-corrected chi connectivity index (χ2v) is 6.76. The van der Waals surface area contributed by atoms with Gasteiger partial charge in [-0.05, 0) is 31.6 Å². The molecule has 2 bridgehead atoms. The Bertz CT molecular complexity index is 898. The number of dihydropyridines is 1. The zero-order valence-electron chi connectivity index (χ0n) is 15.6. The number of carbonyl (C=O) groups is 2. The maximum Gasteiger partial charge on any atom is 0.328 e. The van der Waals surface area contributed by atoms with Gasteiger partial charge >= 0.3 is 6.03 Å². The van der Waals surface area contributed by atoms with E-state index in [4.69, 9.17) is 0 Å². The van der Waals surface area contributed by atoms with Crippen LogP contribution in [0.4, 0.5) is 10.6 Å². The number of carbonyl (C=O) groups excluding carboxylic acids is 2. The lowest BCUT2D eigenvalue weighted by molar-refractivity contribution is -0.121. The van der Waals surface area contributed by atoms with Crippen LogP contribution in [0.2, 0.25) is 0 Å². The first-order valence-electron chi connectivity index (χ1n) is 9.30. The van der Waals surface area contributed by atoms with Crippen LogP contribution in [0.5, 0.6) is 0 Å². The van der Waals surface area contributed by atoms with Crippen molar-refractivity contribution in [1.29, 1.82) is 0 Å². The normalized spacial score (nSPS) is 22.0. The molecule has 0 radical (unpaired) electrons. The molecule has 0 aliphatic carbocycles. The highest BCUT2D eigenvalue weighted by atomic mass is 16.2. The minimum atomic E-state index is -0.554. The Kier molecular flexibility index (Phi) is 4.89. The number of fused-ring (bicyclic) bond motifs is 3. The molecule has 3 aliphatic heterocycles. The van der Waals surface area contributed by atoms with Crippen molar-refractivity contribution in [2.75, 3.05) is 25.0 Å². The van der Waals surface area contributed by atoms with Crippen molar-refractivity contribution in [1.82, 2.24) is 25.4 Å². The molecule has 28 heavy (non-hydrogen) atoms. The monoisotopic (exact) mass is 378 g/mol. The van der Waals surface area contributed by atoms with E-state index in [1.165, 1.54) is 0 Å². The van der Waals surface area contributed by atoms with E-state index >= 15 is 0 Å². The van der Waals surface area contributed by atoms with Gasteiger partial charge in [0.2, 0.25) is 5.91 Å². The zero-order valence-corrected chi connectivity index (χ0v) is 15.6. The first-order valence-corrected chi connectivity index (χ1v) is 9.30. The average molecular weight is 378 g/mol. The highest BCUT2D eigenvalue weighted by molar-refractivity contribution is 5.91. The number of rotatable bonds is 3. The fourth-order valence-electron chi connectivity index (χ4n) is 3.69. The van der Waals surface area contributed by atoms with Crippen LogP contribution < -0.4 is 16.0 Å². The van der Waals surface area contributed by atoms with Gasteiger partial charge in [0.15, 0.2) is 0 Å². The van der Waals surface area contributed by atoms with E-state index in [0.717, 1.165) is 25.2 Å². The predicted molar refractivity (Wildman–Crippen MR) is 105 cm³/mol. The SMILES string of the molecule is CC#CCNC(=O)C1C=CC2=C(N1)N(C(=O)Nc1ccccn1)[C@H]1CCN2C1. The fourth-order valence-corrected chi connectivity index (χ4v) is 3.69. The number of hydrogen-bond donors (Lipinski definition) is 3. The summed E-state index contributed by atoms with van der Waals surface area (Å²) in [5, 5.41) is 8.87. The average Bonchev–Trinajstić information content (AvgIpc) is 3.13. The molecule has 8 heteroatoms. The molecule has 0 spiro atoms.